The van der Waals surface area contributed by atoms with Gasteiger partial charge in [-0.25, -0.2) is 9.37 Å². The first-order valence-electron chi connectivity index (χ1n) is 7.64. The third kappa shape index (κ3) is 3.39. The largest absolute Gasteiger partial charge is 0.359 e. The molecule has 1 N–H and O–H groups in total. The van der Waals surface area contributed by atoms with Crippen LogP contribution in [0, 0.1) is 5.82 Å². The van der Waals surface area contributed by atoms with Crippen LogP contribution in [0.15, 0.2) is 48.5 Å². The highest BCUT2D eigenvalue weighted by Crippen LogP contribution is 2.20. The Labute approximate surface area is 134 Å². The van der Waals surface area contributed by atoms with Crippen molar-refractivity contribution in [1.29, 1.82) is 0 Å². The number of aromatic nitrogens is 2. The van der Waals surface area contributed by atoms with Gasteiger partial charge in [0, 0.05) is 18.5 Å². The molecule has 1 aromatic heterocycles. The van der Waals surface area contributed by atoms with E-state index in [1.165, 1.54) is 6.07 Å². The average molecular weight is 311 g/mol. The van der Waals surface area contributed by atoms with E-state index in [0.717, 1.165) is 29.7 Å². The van der Waals surface area contributed by atoms with Gasteiger partial charge in [-0.3, -0.25) is 4.79 Å². The number of hydrogen-bond donors (Lipinski definition) is 1. The molecular weight excluding hydrogens is 293 g/mol. The maximum Gasteiger partial charge on any atom is 0.207 e. The number of hydrogen-bond acceptors (Lipinski definition) is 2. The minimum atomic E-state index is -0.209. The molecule has 1 amide bonds. The van der Waals surface area contributed by atoms with Crippen molar-refractivity contribution in [2.45, 2.75) is 19.4 Å². The van der Waals surface area contributed by atoms with Gasteiger partial charge in [0.25, 0.3) is 0 Å². The van der Waals surface area contributed by atoms with Crippen molar-refractivity contribution in [3.63, 3.8) is 0 Å². The number of nitrogens with zero attached hydrogens (tertiary/aromatic N) is 2. The van der Waals surface area contributed by atoms with Gasteiger partial charge in [-0.15, -0.1) is 0 Å². The molecule has 0 unspecified atom stereocenters. The van der Waals surface area contributed by atoms with Crippen LogP contribution in [0.5, 0.6) is 0 Å². The van der Waals surface area contributed by atoms with Crippen molar-refractivity contribution in [2.75, 3.05) is 6.54 Å². The summed E-state index contributed by atoms with van der Waals surface area (Å²) in [5, 5.41) is 2.65. The third-order valence-corrected chi connectivity index (χ3v) is 3.82. The topological polar surface area (TPSA) is 46.9 Å². The van der Waals surface area contributed by atoms with E-state index >= 15 is 0 Å². The molecule has 1 heterocycles. The Morgan fingerprint density at radius 1 is 1.13 bits per heavy atom. The standard InChI is InChI=1S/C18H18FN3O/c19-15-7-2-1-6-14(15)12-22-17-9-4-3-8-16(17)21-18(22)10-5-11-20-13-23/h1-4,6-9,13H,5,10-12H2,(H,20,23). The number of aryl methyl sites for hydroxylation is 1. The monoisotopic (exact) mass is 311 g/mol. The first-order chi connectivity index (χ1) is 11.3. The van der Waals surface area contributed by atoms with Crippen LogP contribution in [-0.2, 0) is 17.8 Å². The normalized spacial score (nSPS) is 10.8. The number of benzene rings is 2. The minimum Gasteiger partial charge on any atom is -0.359 e. The van der Waals surface area contributed by atoms with Crippen LogP contribution in [0.4, 0.5) is 4.39 Å². The van der Waals surface area contributed by atoms with Crippen molar-refractivity contribution < 1.29 is 9.18 Å². The Hall–Kier alpha value is -2.69. The molecule has 0 bridgehead atoms. The van der Waals surface area contributed by atoms with Crippen LogP contribution in [0.3, 0.4) is 0 Å². The molecule has 0 aliphatic carbocycles. The second-order valence-corrected chi connectivity index (χ2v) is 5.37. The number of para-hydroxylation sites is 2. The summed E-state index contributed by atoms with van der Waals surface area (Å²) in [6.45, 7) is 1.05. The molecule has 0 fully saturated rings. The third-order valence-electron chi connectivity index (χ3n) is 3.82. The number of nitrogens with one attached hydrogen (secondary N) is 1. The molecule has 5 heteroatoms. The zero-order valence-electron chi connectivity index (χ0n) is 12.7. The Morgan fingerprint density at radius 3 is 2.74 bits per heavy atom. The van der Waals surface area contributed by atoms with Gasteiger partial charge in [-0.1, -0.05) is 30.3 Å². The zero-order valence-corrected chi connectivity index (χ0v) is 12.7. The predicted octanol–water partition coefficient (Wildman–Crippen LogP) is 2.90. The molecule has 0 saturated carbocycles. The number of carbonyl (C=O) groups excluding carboxylic acids is 1. The lowest BCUT2D eigenvalue weighted by Gasteiger charge is -2.10. The number of carbonyl (C=O) groups is 1. The van der Waals surface area contributed by atoms with Crippen LogP contribution >= 0.6 is 0 Å². The highest BCUT2D eigenvalue weighted by Gasteiger charge is 2.12. The average Bonchev–Trinajstić information content (AvgIpc) is 2.92. The van der Waals surface area contributed by atoms with Gasteiger partial charge >= 0.3 is 0 Å². The lowest BCUT2D eigenvalue weighted by atomic mass is 10.2. The van der Waals surface area contributed by atoms with Gasteiger partial charge < -0.3 is 9.88 Å². The summed E-state index contributed by atoms with van der Waals surface area (Å²) < 4.78 is 16.0. The molecule has 118 valence electrons. The highest BCUT2D eigenvalue weighted by atomic mass is 19.1. The van der Waals surface area contributed by atoms with Crippen LogP contribution in [0.1, 0.15) is 17.8 Å². The van der Waals surface area contributed by atoms with Gasteiger partial charge in [0.05, 0.1) is 17.6 Å². The fraction of sp³-hybridized carbons (Fsp3) is 0.222. The minimum absolute atomic E-state index is 0.209. The summed E-state index contributed by atoms with van der Waals surface area (Å²) in [6.07, 6.45) is 2.21. The maximum atomic E-state index is 14.0. The number of fused-ring (bicyclic) bond motifs is 1. The fourth-order valence-electron chi connectivity index (χ4n) is 2.70. The summed E-state index contributed by atoms with van der Waals surface area (Å²) in [4.78, 5) is 15.0. The van der Waals surface area contributed by atoms with E-state index in [4.69, 9.17) is 0 Å². The molecular formula is C18H18FN3O. The van der Waals surface area contributed by atoms with Gasteiger partial charge in [-0.2, -0.15) is 0 Å². The van der Waals surface area contributed by atoms with Crippen molar-refractivity contribution in [3.8, 4) is 0 Å². The molecule has 0 aliphatic heterocycles. The van der Waals surface area contributed by atoms with Gasteiger partial charge in [0.2, 0.25) is 6.41 Å². The fourth-order valence-corrected chi connectivity index (χ4v) is 2.70. The predicted molar refractivity (Wildman–Crippen MR) is 87.6 cm³/mol. The smallest absolute Gasteiger partial charge is 0.207 e. The number of imidazole rings is 1. The number of amides is 1. The number of rotatable bonds is 7. The van der Waals surface area contributed by atoms with Gasteiger partial charge in [0.15, 0.2) is 0 Å². The summed E-state index contributed by atoms with van der Waals surface area (Å²) in [5.41, 5.74) is 2.54. The number of halogens is 1. The molecule has 4 nitrogen and oxygen atoms in total. The summed E-state index contributed by atoms with van der Waals surface area (Å²) in [5.74, 6) is 0.695. The second kappa shape index (κ2) is 7.05. The Bertz CT molecular complexity index is 813. The van der Waals surface area contributed by atoms with Crippen molar-refractivity contribution >= 4 is 17.4 Å². The molecule has 3 aromatic rings. The van der Waals surface area contributed by atoms with Crippen LogP contribution in [0.2, 0.25) is 0 Å². The second-order valence-electron chi connectivity index (χ2n) is 5.37. The van der Waals surface area contributed by atoms with E-state index in [-0.39, 0.29) is 5.82 Å². The molecule has 0 spiro atoms. The molecule has 3 rings (SSSR count). The Balaban J connectivity index is 1.92. The summed E-state index contributed by atoms with van der Waals surface area (Å²) in [6, 6.07) is 14.7. The molecule has 0 radical (unpaired) electrons. The lowest BCUT2D eigenvalue weighted by Crippen LogP contribution is -2.14. The summed E-state index contributed by atoms with van der Waals surface area (Å²) in [7, 11) is 0. The van der Waals surface area contributed by atoms with Crippen molar-refractivity contribution in [2.24, 2.45) is 0 Å². The molecule has 0 saturated heterocycles. The zero-order chi connectivity index (χ0) is 16.1. The summed E-state index contributed by atoms with van der Waals surface area (Å²) >= 11 is 0. The Kier molecular flexibility index (Phi) is 4.66. The first kappa shape index (κ1) is 15.2. The van der Waals surface area contributed by atoms with E-state index < -0.39 is 0 Å². The maximum absolute atomic E-state index is 14.0. The van der Waals surface area contributed by atoms with Gasteiger partial charge in [-0.05, 0) is 24.6 Å². The van der Waals surface area contributed by atoms with Crippen LogP contribution < -0.4 is 5.32 Å². The van der Waals surface area contributed by atoms with Gasteiger partial charge in [0.1, 0.15) is 11.6 Å². The first-order valence-corrected chi connectivity index (χ1v) is 7.64. The lowest BCUT2D eigenvalue weighted by molar-refractivity contribution is -0.109. The van der Waals surface area contributed by atoms with Crippen molar-refractivity contribution in [3.05, 3.63) is 65.7 Å². The molecule has 0 atom stereocenters. The SMILES string of the molecule is O=CNCCCc1nc2ccccc2n1Cc1ccccc1F. The van der Waals surface area contributed by atoms with Crippen LogP contribution in [-0.4, -0.2) is 22.5 Å². The Morgan fingerprint density at radius 2 is 1.91 bits per heavy atom. The van der Waals surface area contributed by atoms with E-state index in [1.54, 1.807) is 12.1 Å². The van der Waals surface area contributed by atoms with Crippen molar-refractivity contribution in [1.82, 2.24) is 14.9 Å². The highest BCUT2D eigenvalue weighted by molar-refractivity contribution is 5.76. The van der Waals surface area contributed by atoms with E-state index in [9.17, 15) is 9.18 Å². The molecule has 2 aromatic carbocycles. The van der Waals surface area contributed by atoms with E-state index in [2.05, 4.69) is 14.9 Å². The quantitative estimate of drug-likeness (QED) is 0.539. The van der Waals surface area contributed by atoms with E-state index in [0.29, 0.717) is 25.1 Å². The molecule has 0 aliphatic rings. The van der Waals surface area contributed by atoms with Crippen LogP contribution in [0.25, 0.3) is 11.0 Å². The van der Waals surface area contributed by atoms with E-state index in [1.807, 2.05) is 30.3 Å². The molecule has 23 heavy (non-hydrogen) atoms.